The number of esters is 1. The molecule has 0 unspecified atom stereocenters. The number of carbonyl (C=O) groups is 1. The predicted molar refractivity (Wildman–Crippen MR) is 57.9 cm³/mol. The summed E-state index contributed by atoms with van der Waals surface area (Å²) in [6.07, 6.45) is 0.436. The highest BCUT2D eigenvalue weighted by Gasteiger charge is 2.24. The summed E-state index contributed by atoms with van der Waals surface area (Å²) < 4.78 is 29.4. The fourth-order valence-electron chi connectivity index (χ4n) is 1.11. The van der Waals surface area contributed by atoms with Crippen LogP contribution in [0.1, 0.15) is 27.2 Å². The molecule has 0 aromatic heterocycles. The van der Waals surface area contributed by atoms with Crippen molar-refractivity contribution in [1.82, 2.24) is 4.72 Å². The topological polar surface area (TPSA) is 72.5 Å². The maximum absolute atomic E-state index is 11.3. The monoisotopic (exact) mass is 237 g/mol. The van der Waals surface area contributed by atoms with Gasteiger partial charge in [0, 0.05) is 0 Å². The average Bonchev–Trinajstić information content (AvgIpc) is 2.14. The zero-order valence-corrected chi connectivity index (χ0v) is 10.4. The van der Waals surface area contributed by atoms with E-state index in [2.05, 4.69) is 9.46 Å². The lowest BCUT2D eigenvalue weighted by molar-refractivity contribution is -0.143. The molecule has 5 nitrogen and oxygen atoms in total. The van der Waals surface area contributed by atoms with E-state index in [0.29, 0.717) is 6.42 Å². The normalized spacial score (nSPS) is 13.9. The van der Waals surface area contributed by atoms with E-state index in [-0.39, 0.29) is 11.7 Å². The van der Waals surface area contributed by atoms with Gasteiger partial charge in [0.2, 0.25) is 10.0 Å². The third-order valence-electron chi connectivity index (χ3n) is 1.89. The molecule has 90 valence electrons. The fourth-order valence-corrected chi connectivity index (χ4v) is 1.90. The van der Waals surface area contributed by atoms with Crippen LogP contribution in [-0.2, 0) is 19.6 Å². The summed E-state index contributed by atoms with van der Waals surface area (Å²) in [6.45, 7) is 5.35. The van der Waals surface area contributed by atoms with Crippen LogP contribution in [0.25, 0.3) is 0 Å². The third-order valence-corrected chi connectivity index (χ3v) is 3.30. The van der Waals surface area contributed by atoms with Gasteiger partial charge in [-0.1, -0.05) is 13.8 Å². The lowest BCUT2D eigenvalue weighted by Gasteiger charge is -2.17. The third kappa shape index (κ3) is 5.74. The molecule has 1 N–H and O–H groups in total. The number of hydrogen-bond acceptors (Lipinski definition) is 4. The minimum atomic E-state index is -3.37. The van der Waals surface area contributed by atoms with E-state index in [1.165, 1.54) is 14.0 Å². The van der Waals surface area contributed by atoms with Crippen molar-refractivity contribution >= 4 is 16.0 Å². The Kier molecular flexibility index (Phi) is 5.82. The molecule has 0 fully saturated rings. The Morgan fingerprint density at radius 2 is 1.93 bits per heavy atom. The highest BCUT2D eigenvalue weighted by atomic mass is 32.2. The van der Waals surface area contributed by atoms with E-state index in [0.717, 1.165) is 0 Å². The zero-order chi connectivity index (χ0) is 12.1. The molecule has 0 aromatic rings. The number of nitrogens with one attached hydrogen (secondary N) is 1. The minimum Gasteiger partial charge on any atom is -0.468 e. The van der Waals surface area contributed by atoms with E-state index in [4.69, 9.17) is 0 Å². The van der Waals surface area contributed by atoms with E-state index >= 15 is 0 Å². The molecule has 0 radical (unpaired) electrons. The van der Waals surface area contributed by atoms with E-state index < -0.39 is 22.0 Å². The second-order valence-corrected chi connectivity index (χ2v) is 5.77. The first kappa shape index (κ1) is 14.4. The highest BCUT2D eigenvalue weighted by Crippen LogP contribution is 2.07. The first-order valence-corrected chi connectivity index (χ1v) is 6.55. The molecule has 0 aliphatic rings. The average molecular weight is 237 g/mol. The molecule has 0 heterocycles. The van der Waals surface area contributed by atoms with E-state index in [1.54, 1.807) is 0 Å². The summed E-state index contributed by atoms with van der Waals surface area (Å²) in [5.74, 6) is -0.368. The van der Waals surface area contributed by atoms with Crippen LogP contribution in [0.4, 0.5) is 0 Å². The number of ether oxygens (including phenoxy) is 1. The van der Waals surface area contributed by atoms with Crippen LogP contribution >= 0.6 is 0 Å². The molecule has 0 saturated carbocycles. The quantitative estimate of drug-likeness (QED) is 0.683. The summed E-state index contributed by atoms with van der Waals surface area (Å²) in [4.78, 5) is 11.3. The van der Waals surface area contributed by atoms with Crippen molar-refractivity contribution in [3.8, 4) is 0 Å². The van der Waals surface area contributed by atoms with Crippen molar-refractivity contribution < 1.29 is 17.9 Å². The van der Waals surface area contributed by atoms with Crippen molar-refractivity contribution in [3.63, 3.8) is 0 Å². The molecule has 0 spiro atoms. The first-order valence-electron chi connectivity index (χ1n) is 4.90. The standard InChI is InChI=1S/C9H19NO4S/c1-5-15(12,13)10-8(6-7(2)3)9(11)14-4/h7-8,10H,5-6H2,1-4H3/t8-/m0/s1. The number of methoxy groups -OCH3 is 1. The zero-order valence-electron chi connectivity index (χ0n) is 9.61. The molecule has 6 heteroatoms. The molecule has 0 rings (SSSR count). The second kappa shape index (κ2) is 6.07. The van der Waals surface area contributed by atoms with Crippen LogP contribution in [0.5, 0.6) is 0 Å². The molecular weight excluding hydrogens is 218 g/mol. The van der Waals surface area contributed by atoms with Gasteiger partial charge in [-0.25, -0.2) is 13.1 Å². The molecule has 0 aromatic carbocycles. The van der Waals surface area contributed by atoms with Gasteiger partial charge in [-0.3, -0.25) is 4.79 Å². The van der Waals surface area contributed by atoms with Gasteiger partial charge in [-0.15, -0.1) is 0 Å². The van der Waals surface area contributed by atoms with Crippen molar-refractivity contribution in [1.29, 1.82) is 0 Å². The van der Waals surface area contributed by atoms with Gasteiger partial charge in [0.25, 0.3) is 0 Å². The van der Waals surface area contributed by atoms with Gasteiger partial charge in [-0.05, 0) is 19.3 Å². The Balaban J connectivity index is 4.58. The van der Waals surface area contributed by atoms with Crippen molar-refractivity contribution in [3.05, 3.63) is 0 Å². The van der Waals surface area contributed by atoms with Gasteiger partial charge < -0.3 is 4.74 Å². The van der Waals surface area contributed by atoms with Crippen LogP contribution in [-0.4, -0.2) is 33.3 Å². The highest BCUT2D eigenvalue weighted by molar-refractivity contribution is 7.89. The van der Waals surface area contributed by atoms with E-state index in [1.807, 2.05) is 13.8 Å². The number of hydrogen-bond donors (Lipinski definition) is 1. The summed E-state index contributed by atoms with van der Waals surface area (Å²) in [5, 5.41) is 0. The largest absolute Gasteiger partial charge is 0.468 e. The molecule has 0 aliphatic heterocycles. The molecule has 15 heavy (non-hydrogen) atoms. The van der Waals surface area contributed by atoms with Crippen molar-refractivity contribution in [2.45, 2.75) is 33.2 Å². The molecule has 0 aliphatic carbocycles. The lowest BCUT2D eigenvalue weighted by atomic mass is 10.1. The van der Waals surface area contributed by atoms with E-state index in [9.17, 15) is 13.2 Å². The van der Waals surface area contributed by atoms with Crippen LogP contribution in [0, 0.1) is 5.92 Å². The lowest BCUT2D eigenvalue weighted by Crippen LogP contribution is -2.42. The van der Waals surface area contributed by atoms with Crippen LogP contribution in [0.2, 0.25) is 0 Å². The Morgan fingerprint density at radius 1 is 1.40 bits per heavy atom. The molecule has 0 amide bonds. The maximum Gasteiger partial charge on any atom is 0.323 e. The predicted octanol–water partition coefficient (Wildman–Crippen LogP) is 0.513. The number of carbonyl (C=O) groups excluding carboxylic acids is 1. The van der Waals surface area contributed by atoms with Crippen molar-refractivity contribution in [2.75, 3.05) is 12.9 Å². The van der Waals surface area contributed by atoms with Gasteiger partial charge in [0.05, 0.1) is 12.9 Å². The van der Waals surface area contributed by atoms with Gasteiger partial charge in [0.1, 0.15) is 6.04 Å². The van der Waals surface area contributed by atoms with Crippen molar-refractivity contribution in [2.24, 2.45) is 5.92 Å². The smallest absolute Gasteiger partial charge is 0.323 e. The summed E-state index contributed by atoms with van der Waals surface area (Å²) >= 11 is 0. The molecule has 0 bridgehead atoms. The van der Waals surface area contributed by atoms with Crippen LogP contribution in [0.3, 0.4) is 0 Å². The SMILES string of the molecule is CCS(=O)(=O)N[C@@H](CC(C)C)C(=O)OC. The van der Waals surface area contributed by atoms with Gasteiger partial charge in [0.15, 0.2) is 0 Å². The molecule has 1 atom stereocenters. The Hall–Kier alpha value is -0.620. The maximum atomic E-state index is 11.3. The second-order valence-electron chi connectivity index (χ2n) is 3.73. The van der Waals surface area contributed by atoms with Gasteiger partial charge >= 0.3 is 5.97 Å². The molecular formula is C9H19NO4S. The Morgan fingerprint density at radius 3 is 2.27 bits per heavy atom. The Bertz CT molecular complexity index is 297. The summed E-state index contributed by atoms with van der Waals surface area (Å²) in [5.41, 5.74) is 0. The fraction of sp³-hybridized carbons (Fsp3) is 0.889. The first-order chi connectivity index (χ1) is 6.82. The summed E-state index contributed by atoms with van der Waals surface area (Å²) in [7, 11) is -2.12. The summed E-state index contributed by atoms with van der Waals surface area (Å²) in [6, 6.07) is -0.778. The van der Waals surface area contributed by atoms with Crippen LogP contribution < -0.4 is 4.72 Å². The number of sulfonamides is 1. The Labute approximate surface area is 91.2 Å². The van der Waals surface area contributed by atoms with Crippen LogP contribution in [0.15, 0.2) is 0 Å². The minimum absolute atomic E-state index is 0.0431. The molecule has 0 saturated heterocycles. The van der Waals surface area contributed by atoms with Gasteiger partial charge in [-0.2, -0.15) is 0 Å². The number of rotatable bonds is 6.